The molecule has 2 rings (SSSR count). The third-order valence-corrected chi connectivity index (χ3v) is 4.32. The Morgan fingerprint density at radius 1 is 1.26 bits per heavy atom. The van der Waals surface area contributed by atoms with Gasteiger partial charge in [-0.15, -0.1) is 0 Å². The molecule has 0 aromatic heterocycles. The van der Waals surface area contributed by atoms with Crippen LogP contribution >= 0.6 is 0 Å². The highest BCUT2D eigenvalue weighted by atomic mass is 16.5. The molecule has 1 N–H and O–H groups in total. The van der Waals surface area contributed by atoms with Gasteiger partial charge in [0.2, 0.25) is 0 Å². The van der Waals surface area contributed by atoms with Crippen molar-refractivity contribution in [2.45, 2.75) is 58.4 Å². The number of aryl methyl sites for hydroxylation is 1. The van der Waals surface area contributed by atoms with Gasteiger partial charge in [-0.25, -0.2) is 0 Å². The summed E-state index contributed by atoms with van der Waals surface area (Å²) >= 11 is 0. The van der Waals surface area contributed by atoms with Gasteiger partial charge in [-0.2, -0.15) is 0 Å². The molecule has 19 heavy (non-hydrogen) atoms. The van der Waals surface area contributed by atoms with Crippen molar-refractivity contribution in [3.05, 3.63) is 28.8 Å². The lowest BCUT2D eigenvalue weighted by Gasteiger charge is -2.30. The molecule has 0 saturated carbocycles. The van der Waals surface area contributed by atoms with E-state index in [-0.39, 0.29) is 11.0 Å². The van der Waals surface area contributed by atoms with Crippen LogP contribution in [-0.2, 0) is 11.0 Å². The zero-order chi connectivity index (χ0) is 14.3. The second-order valence-corrected chi connectivity index (χ2v) is 6.98. The van der Waals surface area contributed by atoms with Crippen LogP contribution in [0.1, 0.15) is 57.2 Å². The summed E-state index contributed by atoms with van der Waals surface area (Å²) in [5.74, 6) is 1.02. The topological polar surface area (TPSA) is 21.3 Å². The monoisotopic (exact) mass is 261 g/mol. The normalized spacial score (nSPS) is 23.7. The van der Waals surface area contributed by atoms with E-state index in [1.54, 1.807) is 7.11 Å². The third-order valence-electron chi connectivity index (χ3n) is 4.32. The van der Waals surface area contributed by atoms with Crippen molar-refractivity contribution >= 4 is 0 Å². The van der Waals surface area contributed by atoms with Crippen LogP contribution in [0.5, 0.6) is 5.75 Å². The predicted molar refractivity (Wildman–Crippen MR) is 81.0 cm³/mol. The van der Waals surface area contributed by atoms with Crippen LogP contribution < -0.4 is 10.1 Å². The maximum absolute atomic E-state index is 5.64. The van der Waals surface area contributed by atoms with Gasteiger partial charge in [-0.3, -0.25) is 0 Å². The summed E-state index contributed by atoms with van der Waals surface area (Å²) in [7, 11) is 1.77. The Bertz CT molecular complexity index is 465. The number of hydrogen-bond donors (Lipinski definition) is 1. The number of nitrogens with one attached hydrogen (secondary N) is 1. The van der Waals surface area contributed by atoms with Crippen molar-refractivity contribution < 1.29 is 4.74 Å². The average molecular weight is 261 g/mol. The standard InChI is InChI=1S/C17H27NO/c1-12-10-14(16(2,3)4)15(19-6)11-13(12)17(5)8-7-9-18-17/h10-11,18H,7-9H2,1-6H3. The van der Waals surface area contributed by atoms with Crippen LogP contribution in [0.15, 0.2) is 12.1 Å². The van der Waals surface area contributed by atoms with Gasteiger partial charge in [-0.05, 0) is 61.4 Å². The van der Waals surface area contributed by atoms with Gasteiger partial charge in [-0.1, -0.05) is 26.8 Å². The van der Waals surface area contributed by atoms with E-state index in [2.05, 4.69) is 52.1 Å². The zero-order valence-corrected chi connectivity index (χ0v) is 13.2. The minimum atomic E-state index is 0.105. The van der Waals surface area contributed by atoms with Gasteiger partial charge in [0.25, 0.3) is 0 Å². The molecule has 1 aliphatic heterocycles. The first-order chi connectivity index (χ1) is 8.78. The SMILES string of the molecule is COc1cc(C2(C)CCCN2)c(C)cc1C(C)(C)C. The highest BCUT2D eigenvalue weighted by Gasteiger charge is 2.33. The first kappa shape index (κ1) is 14.4. The third kappa shape index (κ3) is 2.64. The van der Waals surface area contributed by atoms with Gasteiger partial charge >= 0.3 is 0 Å². The molecule has 1 fully saturated rings. The summed E-state index contributed by atoms with van der Waals surface area (Å²) in [6, 6.07) is 4.55. The van der Waals surface area contributed by atoms with Gasteiger partial charge in [0, 0.05) is 5.54 Å². The smallest absolute Gasteiger partial charge is 0.122 e. The molecule has 1 unspecified atom stereocenters. The van der Waals surface area contributed by atoms with E-state index >= 15 is 0 Å². The lowest BCUT2D eigenvalue weighted by molar-refractivity contribution is 0.388. The van der Waals surface area contributed by atoms with Gasteiger partial charge in [0.05, 0.1) is 7.11 Å². The van der Waals surface area contributed by atoms with Crippen LogP contribution in [0, 0.1) is 6.92 Å². The minimum Gasteiger partial charge on any atom is -0.496 e. The summed E-state index contributed by atoms with van der Waals surface area (Å²) in [5, 5.41) is 3.64. The predicted octanol–water partition coefficient (Wildman–Crippen LogP) is 3.90. The molecule has 0 aliphatic carbocycles. The summed E-state index contributed by atoms with van der Waals surface area (Å²) in [5.41, 5.74) is 4.25. The fraction of sp³-hybridized carbons (Fsp3) is 0.647. The van der Waals surface area contributed by atoms with E-state index in [1.807, 2.05) is 0 Å². The number of hydrogen-bond acceptors (Lipinski definition) is 2. The Hall–Kier alpha value is -1.02. The van der Waals surface area contributed by atoms with Crippen LogP contribution in [0.4, 0.5) is 0 Å². The first-order valence-corrected chi connectivity index (χ1v) is 7.22. The number of rotatable bonds is 2. The fourth-order valence-electron chi connectivity index (χ4n) is 3.16. The largest absolute Gasteiger partial charge is 0.496 e. The summed E-state index contributed by atoms with van der Waals surface area (Å²) < 4.78 is 5.64. The molecule has 1 saturated heterocycles. The van der Waals surface area contributed by atoms with E-state index in [0.29, 0.717) is 0 Å². The molecule has 0 spiro atoms. The molecule has 1 atom stereocenters. The van der Waals surface area contributed by atoms with Crippen LogP contribution in [0.2, 0.25) is 0 Å². The van der Waals surface area contributed by atoms with Crippen molar-refractivity contribution in [3.63, 3.8) is 0 Å². The lowest BCUT2D eigenvalue weighted by Crippen LogP contribution is -2.34. The Balaban J connectivity index is 2.54. The maximum Gasteiger partial charge on any atom is 0.122 e. The Morgan fingerprint density at radius 2 is 1.95 bits per heavy atom. The quantitative estimate of drug-likeness (QED) is 0.872. The molecule has 0 radical (unpaired) electrons. The molecule has 1 heterocycles. The number of methoxy groups -OCH3 is 1. The molecule has 1 aromatic carbocycles. The molecule has 2 heteroatoms. The van der Waals surface area contributed by atoms with Crippen LogP contribution in [0.25, 0.3) is 0 Å². The molecular weight excluding hydrogens is 234 g/mol. The van der Waals surface area contributed by atoms with Crippen molar-refractivity contribution in [1.29, 1.82) is 0 Å². The van der Waals surface area contributed by atoms with Gasteiger partial charge in [0.15, 0.2) is 0 Å². The Labute approximate surface area is 117 Å². The van der Waals surface area contributed by atoms with Crippen LogP contribution in [0.3, 0.4) is 0 Å². The molecule has 0 bridgehead atoms. The number of ether oxygens (including phenoxy) is 1. The molecule has 1 aliphatic rings. The highest BCUT2D eigenvalue weighted by molar-refractivity contribution is 5.48. The van der Waals surface area contributed by atoms with E-state index in [1.165, 1.54) is 29.5 Å². The Kier molecular flexibility index (Phi) is 3.65. The van der Waals surface area contributed by atoms with E-state index in [0.717, 1.165) is 12.3 Å². The lowest BCUT2D eigenvalue weighted by atomic mass is 9.80. The second-order valence-electron chi connectivity index (χ2n) is 6.98. The summed E-state index contributed by atoms with van der Waals surface area (Å²) in [4.78, 5) is 0. The van der Waals surface area contributed by atoms with E-state index in [4.69, 9.17) is 4.74 Å². The van der Waals surface area contributed by atoms with Gasteiger partial charge in [0.1, 0.15) is 5.75 Å². The van der Waals surface area contributed by atoms with Crippen molar-refractivity contribution in [2.75, 3.05) is 13.7 Å². The molecule has 1 aromatic rings. The summed E-state index contributed by atoms with van der Waals surface area (Å²) in [6.45, 7) is 12.3. The van der Waals surface area contributed by atoms with Crippen molar-refractivity contribution in [1.82, 2.24) is 5.32 Å². The minimum absolute atomic E-state index is 0.105. The Morgan fingerprint density at radius 3 is 2.42 bits per heavy atom. The second kappa shape index (κ2) is 4.82. The van der Waals surface area contributed by atoms with E-state index < -0.39 is 0 Å². The zero-order valence-electron chi connectivity index (χ0n) is 13.2. The molecule has 2 nitrogen and oxygen atoms in total. The molecule has 106 valence electrons. The summed E-state index contributed by atoms with van der Waals surface area (Å²) in [6.07, 6.45) is 2.45. The molecular formula is C17H27NO. The van der Waals surface area contributed by atoms with E-state index in [9.17, 15) is 0 Å². The number of benzene rings is 1. The van der Waals surface area contributed by atoms with Gasteiger partial charge < -0.3 is 10.1 Å². The maximum atomic E-state index is 5.64. The first-order valence-electron chi connectivity index (χ1n) is 7.22. The highest BCUT2D eigenvalue weighted by Crippen LogP contribution is 2.39. The average Bonchev–Trinajstić information content (AvgIpc) is 2.75. The van der Waals surface area contributed by atoms with Crippen molar-refractivity contribution in [3.8, 4) is 5.75 Å². The van der Waals surface area contributed by atoms with Crippen LogP contribution in [-0.4, -0.2) is 13.7 Å². The fourth-order valence-corrected chi connectivity index (χ4v) is 3.16. The van der Waals surface area contributed by atoms with Crippen molar-refractivity contribution in [2.24, 2.45) is 0 Å². The molecule has 0 amide bonds.